The van der Waals surface area contributed by atoms with E-state index in [1.54, 1.807) is 0 Å². The SMILES string of the molecule is NCCCCS(=O)(=O)CCCCO. The average Bonchev–Trinajstić information content (AvgIpc) is 2.05. The zero-order valence-corrected chi connectivity index (χ0v) is 8.72. The summed E-state index contributed by atoms with van der Waals surface area (Å²) in [6.07, 6.45) is 2.54. The van der Waals surface area contributed by atoms with E-state index in [0.717, 1.165) is 6.42 Å². The van der Waals surface area contributed by atoms with Crippen molar-refractivity contribution < 1.29 is 13.5 Å². The summed E-state index contributed by atoms with van der Waals surface area (Å²) in [6.45, 7) is 0.616. The van der Waals surface area contributed by atoms with Gasteiger partial charge in [-0.3, -0.25) is 0 Å². The number of rotatable bonds is 8. The van der Waals surface area contributed by atoms with Crippen molar-refractivity contribution in [2.45, 2.75) is 25.7 Å². The molecule has 0 aromatic rings. The van der Waals surface area contributed by atoms with Crippen molar-refractivity contribution in [3.63, 3.8) is 0 Å². The molecule has 0 atom stereocenters. The van der Waals surface area contributed by atoms with Gasteiger partial charge in [0.15, 0.2) is 0 Å². The van der Waals surface area contributed by atoms with Crippen LogP contribution in [-0.2, 0) is 9.84 Å². The van der Waals surface area contributed by atoms with Gasteiger partial charge in [-0.15, -0.1) is 0 Å². The molecule has 0 aliphatic heterocycles. The topological polar surface area (TPSA) is 80.4 Å². The lowest BCUT2D eigenvalue weighted by Crippen LogP contribution is -2.12. The molecule has 80 valence electrons. The maximum absolute atomic E-state index is 11.3. The number of hydrogen-bond donors (Lipinski definition) is 2. The van der Waals surface area contributed by atoms with Crippen LogP contribution in [0.5, 0.6) is 0 Å². The molecule has 0 fully saturated rings. The second-order valence-electron chi connectivity index (χ2n) is 3.08. The summed E-state index contributed by atoms with van der Waals surface area (Å²) in [7, 11) is -2.89. The quantitative estimate of drug-likeness (QED) is 0.548. The number of sulfone groups is 1. The number of unbranched alkanes of at least 4 members (excludes halogenated alkanes) is 2. The maximum atomic E-state index is 11.3. The smallest absolute Gasteiger partial charge is 0.150 e. The highest BCUT2D eigenvalue weighted by Crippen LogP contribution is 2.00. The summed E-state index contributed by atoms with van der Waals surface area (Å²) in [5.74, 6) is 0.424. The van der Waals surface area contributed by atoms with E-state index in [1.807, 2.05) is 0 Å². The molecule has 0 bridgehead atoms. The van der Waals surface area contributed by atoms with E-state index in [0.29, 0.717) is 25.8 Å². The van der Waals surface area contributed by atoms with Crippen LogP contribution in [0.25, 0.3) is 0 Å². The Hall–Kier alpha value is -0.130. The first kappa shape index (κ1) is 12.9. The van der Waals surface area contributed by atoms with Gasteiger partial charge in [-0.1, -0.05) is 0 Å². The van der Waals surface area contributed by atoms with Crippen LogP contribution in [0.3, 0.4) is 0 Å². The van der Waals surface area contributed by atoms with Gasteiger partial charge in [0.1, 0.15) is 9.84 Å². The molecule has 0 aromatic carbocycles. The Morgan fingerprint density at radius 3 is 2.00 bits per heavy atom. The first-order valence-electron chi connectivity index (χ1n) is 4.64. The molecule has 0 radical (unpaired) electrons. The Kier molecular flexibility index (Phi) is 7.22. The van der Waals surface area contributed by atoms with Crippen molar-refractivity contribution >= 4 is 9.84 Å². The van der Waals surface area contributed by atoms with Crippen molar-refractivity contribution in [3.05, 3.63) is 0 Å². The minimum absolute atomic E-state index is 0.0678. The zero-order chi connectivity index (χ0) is 10.2. The highest BCUT2D eigenvalue weighted by atomic mass is 32.2. The van der Waals surface area contributed by atoms with E-state index >= 15 is 0 Å². The minimum atomic E-state index is -2.89. The molecule has 0 rings (SSSR count). The first-order chi connectivity index (χ1) is 6.12. The monoisotopic (exact) mass is 209 g/mol. The lowest BCUT2D eigenvalue weighted by Gasteiger charge is -2.02. The third-order valence-corrected chi connectivity index (χ3v) is 3.59. The Morgan fingerprint density at radius 2 is 1.54 bits per heavy atom. The molecule has 0 aliphatic carbocycles. The van der Waals surface area contributed by atoms with Crippen LogP contribution in [0, 0.1) is 0 Å². The number of nitrogens with two attached hydrogens (primary N) is 1. The molecule has 0 amide bonds. The standard InChI is InChI=1S/C8H19NO3S/c9-5-1-3-7-13(11,12)8-4-2-6-10/h10H,1-9H2. The van der Waals surface area contributed by atoms with Gasteiger partial charge in [0.25, 0.3) is 0 Å². The van der Waals surface area contributed by atoms with Gasteiger partial charge >= 0.3 is 0 Å². The largest absolute Gasteiger partial charge is 0.396 e. The van der Waals surface area contributed by atoms with E-state index in [4.69, 9.17) is 10.8 Å². The van der Waals surface area contributed by atoms with Gasteiger partial charge in [0, 0.05) is 6.61 Å². The van der Waals surface area contributed by atoms with Crippen molar-refractivity contribution in [2.24, 2.45) is 5.73 Å². The molecule has 4 nitrogen and oxygen atoms in total. The van der Waals surface area contributed by atoms with Gasteiger partial charge in [-0.25, -0.2) is 8.42 Å². The van der Waals surface area contributed by atoms with Crippen LogP contribution in [0.2, 0.25) is 0 Å². The molecular formula is C8H19NO3S. The van der Waals surface area contributed by atoms with E-state index in [2.05, 4.69) is 0 Å². The third-order valence-electron chi connectivity index (χ3n) is 1.77. The molecule has 0 saturated heterocycles. The zero-order valence-electron chi connectivity index (χ0n) is 7.91. The second kappa shape index (κ2) is 7.29. The van der Waals surface area contributed by atoms with Crippen LogP contribution in [-0.4, -0.2) is 38.2 Å². The van der Waals surface area contributed by atoms with Gasteiger partial charge in [0.05, 0.1) is 11.5 Å². The number of hydrogen-bond acceptors (Lipinski definition) is 4. The first-order valence-corrected chi connectivity index (χ1v) is 6.46. The third kappa shape index (κ3) is 8.21. The summed E-state index contributed by atoms with van der Waals surface area (Å²) >= 11 is 0. The van der Waals surface area contributed by atoms with Gasteiger partial charge < -0.3 is 10.8 Å². The molecule has 0 saturated carbocycles. The Labute approximate surface area is 80.1 Å². The Morgan fingerprint density at radius 1 is 1.00 bits per heavy atom. The number of aliphatic hydroxyl groups excluding tert-OH is 1. The normalized spacial score (nSPS) is 11.8. The fraction of sp³-hybridized carbons (Fsp3) is 1.00. The lowest BCUT2D eigenvalue weighted by molar-refractivity contribution is 0.287. The fourth-order valence-corrected chi connectivity index (χ4v) is 2.49. The molecule has 0 aliphatic rings. The molecule has 0 spiro atoms. The van der Waals surface area contributed by atoms with Crippen LogP contribution in [0.1, 0.15) is 25.7 Å². The molecular weight excluding hydrogens is 190 g/mol. The van der Waals surface area contributed by atoms with Gasteiger partial charge in [-0.2, -0.15) is 0 Å². The van der Waals surface area contributed by atoms with Crippen molar-refractivity contribution in [2.75, 3.05) is 24.7 Å². The predicted molar refractivity (Wildman–Crippen MR) is 53.3 cm³/mol. The van der Waals surface area contributed by atoms with Crippen LogP contribution >= 0.6 is 0 Å². The van der Waals surface area contributed by atoms with Crippen LogP contribution in [0.15, 0.2) is 0 Å². The Balaban J connectivity index is 3.55. The summed E-state index contributed by atoms with van der Waals surface area (Å²) in [5, 5.41) is 8.47. The molecule has 3 N–H and O–H groups in total. The molecule has 0 aromatic heterocycles. The van der Waals surface area contributed by atoms with E-state index in [1.165, 1.54) is 0 Å². The highest BCUT2D eigenvalue weighted by Gasteiger charge is 2.08. The van der Waals surface area contributed by atoms with Gasteiger partial charge in [-0.05, 0) is 32.2 Å². The molecule has 13 heavy (non-hydrogen) atoms. The van der Waals surface area contributed by atoms with E-state index in [-0.39, 0.29) is 18.1 Å². The summed E-state index contributed by atoms with van der Waals surface area (Å²) < 4.78 is 22.5. The average molecular weight is 209 g/mol. The molecule has 0 unspecified atom stereocenters. The molecule has 5 heteroatoms. The van der Waals surface area contributed by atoms with Crippen LogP contribution in [0.4, 0.5) is 0 Å². The van der Waals surface area contributed by atoms with E-state index < -0.39 is 9.84 Å². The van der Waals surface area contributed by atoms with Crippen molar-refractivity contribution in [1.29, 1.82) is 0 Å². The van der Waals surface area contributed by atoms with E-state index in [9.17, 15) is 8.42 Å². The second-order valence-corrected chi connectivity index (χ2v) is 5.38. The predicted octanol–water partition coefficient (Wildman–Crippen LogP) is -0.0874. The van der Waals surface area contributed by atoms with Crippen molar-refractivity contribution in [3.8, 4) is 0 Å². The summed E-state index contributed by atoms with van der Waals surface area (Å²) in [6, 6.07) is 0. The maximum Gasteiger partial charge on any atom is 0.150 e. The number of aliphatic hydroxyl groups is 1. The fourth-order valence-electron chi connectivity index (χ4n) is 1.00. The van der Waals surface area contributed by atoms with Gasteiger partial charge in [0.2, 0.25) is 0 Å². The lowest BCUT2D eigenvalue weighted by atomic mass is 10.3. The summed E-state index contributed by atoms with van der Waals surface area (Å²) in [4.78, 5) is 0. The Bertz CT molecular complexity index is 185. The van der Waals surface area contributed by atoms with Crippen molar-refractivity contribution in [1.82, 2.24) is 0 Å². The highest BCUT2D eigenvalue weighted by molar-refractivity contribution is 7.91. The minimum Gasteiger partial charge on any atom is -0.396 e. The summed E-state index contributed by atoms with van der Waals surface area (Å²) in [5.41, 5.74) is 5.25. The molecule has 0 heterocycles. The van der Waals surface area contributed by atoms with Crippen LogP contribution < -0.4 is 5.73 Å².